The lowest BCUT2D eigenvalue weighted by molar-refractivity contribution is 0.329. The summed E-state index contributed by atoms with van der Waals surface area (Å²) in [6, 6.07) is 0.379. The zero-order valence-corrected chi connectivity index (χ0v) is 9.60. The molecule has 14 heavy (non-hydrogen) atoms. The van der Waals surface area contributed by atoms with Crippen LogP contribution in [0, 0.1) is 13.8 Å². The maximum absolute atomic E-state index is 5.87. The first-order chi connectivity index (χ1) is 6.65. The Bertz CT molecular complexity index is 321. The van der Waals surface area contributed by atoms with Gasteiger partial charge in [-0.1, -0.05) is 0 Å². The molecule has 1 unspecified atom stereocenters. The van der Waals surface area contributed by atoms with Gasteiger partial charge in [0.1, 0.15) is 0 Å². The van der Waals surface area contributed by atoms with E-state index in [0.29, 0.717) is 6.04 Å². The summed E-state index contributed by atoms with van der Waals surface area (Å²) in [5, 5.41) is 1.17. The molecule has 0 aromatic carbocycles. The third kappa shape index (κ3) is 2.13. The third-order valence-corrected chi connectivity index (χ3v) is 3.73. The van der Waals surface area contributed by atoms with Crippen molar-refractivity contribution in [2.45, 2.75) is 32.9 Å². The lowest BCUT2D eigenvalue weighted by Gasteiger charge is -2.13. The lowest BCUT2D eigenvalue weighted by Crippen LogP contribution is -2.26. The van der Waals surface area contributed by atoms with Crippen molar-refractivity contribution in [3.63, 3.8) is 0 Å². The fourth-order valence-corrected chi connectivity index (χ4v) is 2.91. The van der Waals surface area contributed by atoms with Crippen molar-refractivity contribution in [1.82, 2.24) is 9.88 Å². The standard InChI is InChI=1S/C10H17N3S/c1-7-10(14-8(2)12-7)6-13-4-3-9(11)5-13/h9H,3-6,11H2,1-2H3. The van der Waals surface area contributed by atoms with Gasteiger partial charge in [0.25, 0.3) is 0 Å². The van der Waals surface area contributed by atoms with Gasteiger partial charge in [-0.2, -0.15) is 0 Å². The number of hydrogen-bond acceptors (Lipinski definition) is 4. The first-order valence-corrected chi connectivity index (χ1v) is 5.87. The number of aromatic nitrogens is 1. The van der Waals surface area contributed by atoms with Crippen LogP contribution in [0.3, 0.4) is 0 Å². The second kappa shape index (κ2) is 3.96. The van der Waals surface area contributed by atoms with Gasteiger partial charge in [0.05, 0.1) is 10.7 Å². The van der Waals surface area contributed by atoms with Crippen molar-refractivity contribution in [2.75, 3.05) is 13.1 Å². The molecule has 1 saturated heterocycles. The summed E-state index contributed by atoms with van der Waals surface area (Å²) in [5.74, 6) is 0. The Kier molecular flexibility index (Phi) is 2.85. The van der Waals surface area contributed by atoms with E-state index in [1.807, 2.05) is 11.3 Å². The summed E-state index contributed by atoms with van der Waals surface area (Å²) in [5.41, 5.74) is 7.06. The summed E-state index contributed by atoms with van der Waals surface area (Å²) < 4.78 is 0. The van der Waals surface area contributed by atoms with E-state index in [4.69, 9.17) is 5.73 Å². The first kappa shape index (κ1) is 10.1. The van der Waals surface area contributed by atoms with Gasteiger partial charge in [0, 0.05) is 30.6 Å². The normalized spacial score (nSPS) is 23.2. The van der Waals surface area contributed by atoms with E-state index in [0.717, 1.165) is 26.1 Å². The monoisotopic (exact) mass is 211 g/mol. The number of likely N-dealkylation sites (tertiary alicyclic amines) is 1. The Labute approximate surface area is 88.9 Å². The maximum Gasteiger partial charge on any atom is 0.0900 e. The zero-order chi connectivity index (χ0) is 10.1. The molecule has 1 fully saturated rings. The van der Waals surface area contributed by atoms with Gasteiger partial charge in [0.2, 0.25) is 0 Å². The smallest absolute Gasteiger partial charge is 0.0900 e. The van der Waals surface area contributed by atoms with E-state index in [-0.39, 0.29) is 0 Å². The predicted molar refractivity (Wildman–Crippen MR) is 59.5 cm³/mol. The average Bonchev–Trinajstić information content (AvgIpc) is 2.61. The van der Waals surface area contributed by atoms with Crippen molar-refractivity contribution in [3.05, 3.63) is 15.6 Å². The molecule has 0 amide bonds. The molecule has 0 radical (unpaired) electrons. The summed E-state index contributed by atoms with van der Waals surface area (Å²) in [6.07, 6.45) is 1.14. The van der Waals surface area contributed by atoms with Crippen molar-refractivity contribution in [1.29, 1.82) is 0 Å². The van der Waals surface area contributed by atoms with Gasteiger partial charge in [-0.3, -0.25) is 4.90 Å². The molecule has 0 saturated carbocycles. The highest BCUT2D eigenvalue weighted by molar-refractivity contribution is 7.11. The third-order valence-electron chi connectivity index (χ3n) is 2.68. The molecule has 1 aromatic heterocycles. The largest absolute Gasteiger partial charge is 0.326 e. The van der Waals surface area contributed by atoms with Crippen LogP contribution in [0.4, 0.5) is 0 Å². The van der Waals surface area contributed by atoms with E-state index >= 15 is 0 Å². The van der Waals surface area contributed by atoms with Crippen LogP contribution < -0.4 is 5.73 Å². The Morgan fingerprint density at radius 3 is 2.86 bits per heavy atom. The summed E-state index contributed by atoms with van der Waals surface area (Å²) >= 11 is 1.81. The Morgan fingerprint density at radius 1 is 1.57 bits per heavy atom. The van der Waals surface area contributed by atoms with Crippen LogP contribution in [-0.2, 0) is 6.54 Å². The molecule has 2 rings (SSSR count). The molecular weight excluding hydrogens is 194 g/mol. The van der Waals surface area contributed by atoms with Gasteiger partial charge in [0.15, 0.2) is 0 Å². The van der Waals surface area contributed by atoms with E-state index < -0.39 is 0 Å². The van der Waals surface area contributed by atoms with Crippen LogP contribution in [-0.4, -0.2) is 29.0 Å². The molecule has 1 aromatic rings. The molecule has 3 nitrogen and oxygen atoms in total. The van der Waals surface area contributed by atoms with Crippen LogP contribution in [0.15, 0.2) is 0 Å². The highest BCUT2D eigenvalue weighted by Crippen LogP contribution is 2.21. The van der Waals surface area contributed by atoms with Gasteiger partial charge in [-0.15, -0.1) is 11.3 Å². The first-order valence-electron chi connectivity index (χ1n) is 5.06. The van der Waals surface area contributed by atoms with Crippen molar-refractivity contribution < 1.29 is 0 Å². The van der Waals surface area contributed by atoms with Gasteiger partial charge >= 0.3 is 0 Å². The highest BCUT2D eigenvalue weighted by Gasteiger charge is 2.20. The lowest BCUT2D eigenvalue weighted by atomic mass is 10.3. The molecule has 78 valence electrons. The molecule has 1 aliphatic rings. The Hall–Kier alpha value is -0.450. The van der Waals surface area contributed by atoms with Crippen LogP contribution >= 0.6 is 11.3 Å². The highest BCUT2D eigenvalue weighted by atomic mass is 32.1. The summed E-state index contributed by atoms with van der Waals surface area (Å²) in [6.45, 7) is 7.37. The molecular formula is C10H17N3S. The number of nitrogens with zero attached hydrogens (tertiary/aromatic N) is 2. The van der Waals surface area contributed by atoms with E-state index in [1.54, 1.807) is 0 Å². The predicted octanol–water partition coefficient (Wildman–Crippen LogP) is 1.29. The molecule has 0 aliphatic carbocycles. The Morgan fingerprint density at radius 2 is 2.36 bits per heavy atom. The molecule has 1 atom stereocenters. The topological polar surface area (TPSA) is 42.2 Å². The van der Waals surface area contributed by atoms with E-state index in [9.17, 15) is 0 Å². The molecule has 2 N–H and O–H groups in total. The molecule has 1 aliphatic heterocycles. The molecule has 4 heteroatoms. The van der Waals surface area contributed by atoms with Crippen LogP contribution in [0.25, 0.3) is 0 Å². The number of nitrogens with two attached hydrogens (primary N) is 1. The minimum Gasteiger partial charge on any atom is -0.326 e. The fraction of sp³-hybridized carbons (Fsp3) is 0.700. The van der Waals surface area contributed by atoms with E-state index in [1.165, 1.54) is 15.6 Å². The van der Waals surface area contributed by atoms with Crippen molar-refractivity contribution in [3.8, 4) is 0 Å². The number of rotatable bonds is 2. The van der Waals surface area contributed by atoms with Crippen LogP contribution in [0.5, 0.6) is 0 Å². The van der Waals surface area contributed by atoms with Gasteiger partial charge < -0.3 is 5.73 Å². The minimum atomic E-state index is 0.379. The quantitative estimate of drug-likeness (QED) is 0.801. The molecule has 0 spiro atoms. The van der Waals surface area contributed by atoms with Gasteiger partial charge in [-0.25, -0.2) is 4.98 Å². The second-order valence-electron chi connectivity index (χ2n) is 4.03. The van der Waals surface area contributed by atoms with Crippen molar-refractivity contribution >= 4 is 11.3 Å². The van der Waals surface area contributed by atoms with Gasteiger partial charge in [-0.05, 0) is 20.3 Å². The van der Waals surface area contributed by atoms with Crippen LogP contribution in [0.1, 0.15) is 22.0 Å². The Balaban J connectivity index is 2.00. The number of hydrogen-bond donors (Lipinski definition) is 1. The SMILES string of the molecule is Cc1nc(C)c(CN2CCC(N)C2)s1. The zero-order valence-electron chi connectivity index (χ0n) is 8.79. The van der Waals surface area contributed by atoms with Crippen LogP contribution in [0.2, 0.25) is 0 Å². The summed E-state index contributed by atoms with van der Waals surface area (Å²) in [4.78, 5) is 8.25. The second-order valence-corrected chi connectivity index (χ2v) is 5.31. The molecule has 2 heterocycles. The molecule has 0 bridgehead atoms. The number of thiazole rings is 1. The number of aryl methyl sites for hydroxylation is 2. The summed E-state index contributed by atoms with van der Waals surface area (Å²) in [7, 11) is 0. The van der Waals surface area contributed by atoms with E-state index in [2.05, 4.69) is 23.7 Å². The van der Waals surface area contributed by atoms with Crippen molar-refractivity contribution in [2.24, 2.45) is 5.73 Å². The fourth-order valence-electron chi connectivity index (χ4n) is 1.93. The minimum absolute atomic E-state index is 0.379. The average molecular weight is 211 g/mol. The maximum atomic E-state index is 5.87.